The number of esters is 1. The van der Waals surface area contributed by atoms with Crippen LogP contribution in [0.2, 0.25) is 0 Å². The zero-order valence-electron chi connectivity index (χ0n) is 21.4. The first-order valence-electron chi connectivity index (χ1n) is 11.6. The number of allylic oxidation sites excluding steroid dienone is 1. The molecule has 0 saturated carbocycles. The molecule has 0 amide bonds. The van der Waals surface area contributed by atoms with E-state index in [-0.39, 0.29) is 23.3 Å². The number of thiazole rings is 1. The normalized spacial score (nSPS) is 15.0. The third-order valence-electron chi connectivity index (χ3n) is 5.98. The first kappa shape index (κ1) is 26.7. The van der Waals surface area contributed by atoms with Crippen molar-refractivity contribution in [1.82, 2.24) is 4.57 Å². The van der Waals surface area contributed by atoms with Gasteiger partial charge in [0.1, 0.15) is 0 Å². The van der Waals surface area contributed by atoms with E-state index >= 15 is 0 Å². The molecule has 1 N–H and O–H groups in total. The zero-order valence-corrected chi connectivity index (χ0v) is 22.3. The average molecular weight is 539 g/mol. The van der Waals surface area contributed by atoms with Gasteiger partial charge in [-0.3, -0.25) is 9.36 Å². The van der Waals surface area contributed by atoms with Crippen molar-refractivity contribution in [1.29, 1.82) is 0 Å². The van der Waals surface area contributed by atoms with Crippen LogP contribution in [0.5, 0.6) is 17.2 Å². The Bertz CT molecular complexity index is 1590. The number of ether oxygens (including phenoxy) is 4. The number of hydrogen-bond donors (Lipinski definition) is 1. The van der Waals surface area contributed by atoms with Gasteiger partial charge in [-0.05, 0) is 55.3 Å². The molecule has 4 rings (SSSR count). The third-order valence-corrected chi connectivity index (χ3v) is 6.96. The minimum absolute atomic E-state index is 0.140. The van der Waals surface area contributed by atoms with Crippen LogP contribution < -0.4 is 29.1 Å². The fraction of sp³-hybridized carbons (Fsp3) is 0.259. The third kappa shape index (κ3) is 4.80. The second-order valence-corrected chi connectivity index (χ2v) is 9.20. The van der Waals surface area contributed by atoms with Gasteiger partial charge in [0.15, 0.2) is 16.3 Å². The minimum atomic E-state index is -1.04. The number of rotatable bonds is 8. The number of carboxylic acids is 1. The molecule has 2 heterocycles. The van der Waals surface area contributed by atoms with Crippen molar-refractivity contribution in [3.8, 4) is 17.2 Å². The van der Waals surface area contributed by atoms with Crippen LogP contribution in [0.3, 0.4) is 0 Å². The van der Waals surface area contributed by atoms with Crippen LogP contribution in [0.4, 0.5) is 0 Å². The fourth-order valence-electron chi connectivity index (χ4n) is 4.24. The lowest BCUT2D eigenvalue weighted by molar-refractivity contribution is -0.139. The predicted molar refractivity (Wildman–Crippen MR) is 140 cm³/mol. The summed E-state index contributed by atoms with van der Waals surface area (Å²) in [5, 5.41) is 9.16. The van der Waals surface area contributed by atoms with Crippen LogP contribution in [0.15, 0.2) is 57.5 Å². The molecule has 198 valence electrons. The molecule has 0 radical (unpaired) electrons. The van der Waals surface area contributed by atoms with Crippen molar-refractivity contribution < 1.29 is 33.6 Å². The zero-order chi connectivity index (χ0) is 27.6. The lowest BCUT2D eigenvalue weighted by atomic mass is 9.95. The SMILES string of the molecule is CCOC(=O)C1=C(C)N=c2s/c(=C\c3ccc(C(=O)O)cc3)c(=O)n2[C@@H]1c1cc(OC)c(OC)c(OC)c1. The molecule has 0 unspecified atom stereocenters. The standard InChI is InChI=1S/C27H26N2O8S/c1-6-37-26(33)21-14(2)28-27-29(22(21)17-12-18(34-3)23(36-5)19(13-17)35-4)24(30)20(38-27)11-15-7-9-16(10-8-15)25(31)32/h7-13,22H,6H2,1-5H3,(H,31,32)/b20-11-/t22-/m1/s1. The first-order chi connectivity index (χ1) is 18.2. The molecule has 1 aliphatic rings. The number of methoxy groups -OCH3 is 3. The summed E-state index contributed by atoms with van der Waals surface area (Å²) in [5.41, 5.74) is 1.58. The van der Waals surface area contributed by atoms with Crippen LogP contribution >= 0.6 is 11.3 Å². The van der Waals surface area contributed by atoms with Crippen LogP contribution in [0.25, 0.3) is 6.08 Å². The Morgan fingerprint density at radius 2 is 1.71 bits per heavy atom. The van der Waals surface area contributed by atoms with Gasteiger partial charge in [-0.15, -0.1) is 0 Å². The van der Waals surface area contributed by atoms with E-state index in [1.807, 2.05) is 0 Å². The van der Waals surface area contributed by atoms with Gasteiger partial charge < -0.3 is 24.1 Å². The summed E-state index contributed by atoms with van der Waals surface area (Å²) in [7, 11) is 4.45. The first-order valence-corrected chi connectivity index (χ1v) is 12.4. The number of nitrogens with zero attached hydrogens (tertiary/aromatic N) is 2. The number of aromatic nitrogens is 1. The predicted octanol–water partition coefficient (Wildman–Crippen LogP) is 2.52. The van der Waals surface area contributed by atoms with Crippen LogP contribution in [0, 0.1) is 0 Å². The van der Waals surface area contributed by atoms with E-state index < -0.39 is 18.0 Å². The molecule has 3 aromatic rings. The number of aromatic carboxylic acids is 1. The number of carbonyl (C=O) groups is 2. The monoisotopic (exact) mass is 538 g/mol. The highest BCUT2D eigenvalue weighted by molar-refractivity contribution is 7.07. The maximum Gasteiger partial charge on any atom is 0.338 e. The van der Waals surface area contributed by atoms with Crippen molar-refractivity contribution in [2.45, 2.75) is 19.9 Å². The van der Waals surface area contributed by atoms with Gasteiger partial charge in [-0.1, -0.05) is 23.5 Å². The molecule has 0 spiro atoms. The van der Waals surface area contributed by atoms with E-state index in [1.54, 1.807) is 44.2 Å². The molecular formula is C27H26N2O8S. The summed E-state index contributed by atoms with van der Waals surface area (Å²) < 4.78 is 23.6. The van der Waals surface area contributed by atoms with E-state index in [2.05, 4.69) is 4.99 Å². The Morgan fingerprint density at radius 1 is 1.08 bits per heavy atom. The molecule has 1 aliphatic heterocycles. The van der Waals surface area contributed by atoms with Gasteiger partial charge in [-0.25, -0.2) is 14.6 Å². The van der Waals surface area contributed by atoms with Crippen molar-refractivity contribution in [3.05, 3.63) is 84.0 Å². The number of fused-ring (bicyclic) bond motifs is 1. The Labute approximate surface area is 221 Å². The molecule has 38 heavy (non-hydrogen) atoms. The van der Waals surface area contributed by atoms with Crippen LogP contribution in [-0.4, -0.2) is 49.5 Å². The van der Waals surface area contributed by atoms with Gasteiger partial charge in [0.2, 0.25) is 5.75 Å². The van der Waals surface area contributed by atoms with E-state index in [1.165, 1.54) is 38.0 Å². The molecule has 0 fully saturated rings. The lowest BCUT2D eigenvalue weighted by Gasteiger charge is -2.26. The fourth-order valence-corrected chi connectivity index (χ4v) is 5.29. The minimum Gasteiger partial charge on any atom is -0.493 e. The Hall–Kier alpha value is -4.38. The Kier molecular flexibility index (Phi) is 7.67. The topological polar surface area (TPSA) is 126 Å². The summed E-state index contributed by atoms with van der Waals surface area (Å²) in [5.74, 6) is -0.538. The highest BCUT2D eigenvalue weighted by atomic mass is 32.1. The largest absolute Gasteiger partial charge is 0.493 e. The highest BCUT2D eigenvalue weighted by Gasteiger charge is 2.34. The van der Waals surface area contributed by atoms with Gasteiger partial charge in [-0.2, -0.15) is 0 Å². The average Bonchev–Trinajstić information content (AvgIpc) is 3.21. The lowest BCUT2D eigenvalue weighted by Crippen LogP contribution is -2.40. The number of carboxylic acid groups (broad SMARTS) is 1. The van der Waals surface area contributed by atoms with Gasteiger partial charge >= 0.3 is 11.9 Å². The summed E-state index contributed by atoms with van der Waals surface area (Å²) in [6.45, 7) is 3.54. The van der Waals surface area contributed by atoms with E-state index in [0.29, 0.717) is 43.4 Å². The molecule has 0 aliphatic carbocycles. The molecule has 0 bridgehead atoms. The molecule has 0 saturated heterocycles. The Balaban J connectivity index is 1.97. The molecular weight excluding hydrogens is 512 g/mol. The summed E-state index contributed by atoms with van der Waals surface area (Å²) >= 11 is 1.16. The number of carbonyl (C=O) groups excluding carboxylic acids is 1. The maximum absolute atomic E-state index is 13.8. The molecule has 1 atom stereocenters. The summed E-state index contributed by atoms with van der Waals surface area (Å²) in [6, 6.07) is 8.66. The van der Waals surface area contributed by atoms with Gasteiger partial charge in [0, 0.05) is 0 Å². The summed E-state index contributed by atoms with van der Waals surface area (Å²) in [4.78, 5) is 43.0. The van der Waals surface area contributed by atoms with Gasteiger partial charge in [0.25, 0.3) is 5.56 Å². The molecule has 2 aromatic carbocycles. The second-order valence-electron chi connectivity index (χ2n) is 8.19. The van der Waals surface area contributed by atoms with Gasteiger partial charge in [0.05, 0.1) is 55.3 Å². The van der Waals surface area contributed by atoms with E-state index in [4.69, 9.17) is 24.1 Å². The van der Waals surface area contributed by atoms with E-state index in [0.717, 1.165) is 11.3 Å². The number of hydrogen-bond acceptors (Lipinski definition) is 9. The maximum atomic E-state index is 13.8. The molecule has 10 nitrogen and oxygen atoms in total. The van der Waals surface area contributed by atoms with Crippen LogP contribution in [-0.2, 0) is 9.53 Å². The van der Waals surface area contributed by atoms with E-state index in [9.17, 15) is 14.4 Å². The quantitative estimate of drug-likeness (QED) is 0.434. The highest BCUT2D eigenvalue weighted by Crippen LogP contribution is 2.42. The second kappa shape index (κ2) is 10.9. The Morgan fingerprint density at radius 3 is 2.24 bits per heavy atom. The number of benzene rings is 2. The smallest absolute Gasteiger partial charge is 0.338 e. The van der Waals surface area contributed by atoms with Crippen molar-refractivity contribution in [2.75, 3.05) is 27.9 Å². The molecule has 11 heteroatoms. The van der Waals surface area contributed by atoms with Crippen molar-refractivity contribution in [3.63, 3.8) is 0 Å². The van der Waals surface area contributed by atoms with Crippen molar-refractivity contribution in [2.24, 2.45) is 4.99 Å². The summed E-state index contributed by atoms with van der Waals surface area (Å²) in [6.07, 6.45) is 1.66. The van der Waals surface area contributed by atoms with Crippen LogP contribution in [0.1, 0.15) is 41.4 Å². The molecule has 1 aromatic heterocycles. The van der Waals surface area contributed by atoms with Crippen molar-refractivity contribution >= 4 is 29.4 Å².